The molecule has 4 nitrogen and oxygen atoms in total. The number of nitrogens with zero attached hydrogens (tertiary/aromatic N) is 3. The largest absolute Gasteiger partial charge is 0.309 e. The Kier molecular flexibility index (Phi) is 5.37. The lowest BCUT2D eigenvalue weighted by atomic mass is 9.88. The minimum absolute atomic E-state index is 0.0352. The van der Waals surface area contributed by atoms with E-state index in [4.69, 9.17) is 4.98 Å². The topological polar surface area (TPSA) is 46.5 Å². The molecular weight excluding hydrogens is 464 g/mol. The fourth-order valence-electron chi connectivity index (χ4n) is 5.54. The van der Waals surface area contributed by atoms with Crippen molar-refractivity contribution in [3.63, 3.8) is 0 Å². The van der Waals surface area contributed by atoms with E-state index in [1.165, 1.54) is 27.4 Å². The number of fused-ring (bicyclic) bond motifs is 3. The molecule has 1 N–H and O–H groups in total. The van der Waals surface area contributed by atoms with Gasteiger partial charge in [-0.1, -0.05) is 78.9 Å². The highest BCUT2D eigenvalue weighted by atomic mass is 15.1. The highest BCUT2D eigenvalue weighted by molar-refractivity contribution is 6.10. The van der Waals surface area contributed by atoms with Crippen LogP contribution in [0.5, 0.6) is 0 Å². The number of nitrogens with one attached hydrogen (secondary N) is 1. The lowest BCUT2D eigenvalue weighted by molar-refractivity contribution is 0.916. The Hall–Kier alpha value is -4.96. The van der Waals surface area contributed by atoms with E-state index in [0.29, 0.717) is 0 Å². The number of hydrogen-bond acceptors (Lipinski definition) is 2. The van der Waals surface area contributed by atoms with Crippen LogP contribution >= 0.6 is 0 Å². The quantitative estimate of drug-likeness (QED) is 0.265. The van der Waals surface area contributed by atoms with Gasteiger partial charge in [0.25, 0.3) is 0 Å². The van der Waals surface area contributed by atoms with Crippen molar-refractivity contribution in [2.24, 2.45) is 0 Å². The molecule has 0 bridgehead atoms. The minimum atomic E-state index is 0.0352. The van der Waals surface area contributed by atoms with Crippen LogP contribution in [0, 0.1) is 6.92 Å². The van der Waals surface area contributed by atoms with Crippen LogP contribution in [0.25, 0.3) is 38.8 Å². The smallest absolute Gasteiger partial charge is 0.0924 e. The predicted octanol–water partition coefficient (Wildman–Crippen LogP) is 8.06. The first-order valence-electron chi connectivity index (χ1n) is 12.9. The highest BCUT2D eigenvalue weighted by Crippen LogP contribution is 2.37. The Balaban J connectivity index is 1.45. The summed E-state index contributed by atoms with van der Waals surface area (Å²) in [6.45, 7) is 2.03. The van der Waals surface area contributed by atoms with Gasteiger partial charge >= 0.3 is 0 Å². The summed E-state index contributed by atoms with van der Waals surface area (Å²) in [5.41, 5.74) is 10.0. The number of rotatable bonds is 5. The summed E-state index contributed by atoms with van der Waals surface area (Å²) in [7, 11) is 0. The number of aromatic amines is 1. The molecule has 1 atom stereocenters. The van der Waals surface area contributed by atoms with Crippen molar-refractivity contribution >= 4 is 21.8 Å². The molecule has 0 aliphatic heterocycles. The first kappa shape index (κ1) is 22.3. The third-order valence-electron chi connectivity index (χ3n) is 7.25. The van der Waals surface area contributed by atoms with Crippen molar-refractivity contribution in [3.05, 3.63) is 150 Å². The van der Waals surface area contributed by atoms with E-state index in [9.17, 15) is 0 Å². The third-order valence-corrected chi connectivity index (χ3v) is 7.25. The molecule has 4 aromatic carbocycles. The molecular formula is C34H26N4. The van der Waals surface area contributed by atoms with Crippen molar-refractivity contribution in [1.29, 1.82) is 0 Å². The Morgan fingerprint density at radius 2 is 1.45 bits per heavy atom. The molecule has 0 fully saturated rings. The minimum Gasteiger partial charge on any atom is -0.309 e. The lowest BCUT2D eigenvalue weighted by Crippen LogP contribution is -2.06. The van der Waals surface area contributed by atoms with Crippen LogP contribution in [0.1, 0.15) is 28.4 Å². The van der Waals surface area contributed by atoms with Gasteiger partial charge in [-0.2, -0.15) is 5.10 Å². The summed E-state index contributed by atoms with van der Waals surface area (Å²) in [6.07, 6.45) is 1.88. The van der Waals surface area contributed by atoms with Gasteiger partial charge in [0.15, 0.2) is 0 Å². The summed E-state index contributed by atoms with van der Waals surface area (Å²) in [5.74, 6) is 0.0352. The highest BCUT2D eigenvalue weighted by Gasteiger charge is 2.20. The van der Waals surface area contributed by atoms with Crippen LogP contribution in [0.3, 0.4) is 0 Å². The molecule has 3 heterocycles. The maximum absolute atomic E-state index is 4.75. The molecule has 4 heteroatoms. The van der Waals surface area contributed by atoms with E-state index in [2.05, 4.69) is 130 Å². The molecule has 7 rings (SSSR count). The van der Waals surface area contributed by atoms with Gasteiger partial charge in [0.2, 0.25) is 0 Å². The predicted molar refractivity (Wildman–Crippen MR) is 155 cm³/mol. The number of hydrogen-bond donors (Lipinski definition) is 1. The molecule has 0 radical (unpaired) electrons. The number of aryl methyl sites for hydroxylation is 1. The van der Waals surface area contributed by atoms with Crippen LogP contribution in [-0.2, 0) is 0 Å². The van der Waals surface area contributed by atoms with E-state index >= 15 is 0 Å². The lowest BCUT2D eigenvalue weighted by Gasteiger charge is -2.19. The Morgan fingerprint density at radius 3 is 2.26 bits per heavy atom. The normalized spacial score (nSPS) is 12.2. The van der Waals surface area contributed by atoms with Gasteiger partial charge in [-0.3, -0.25) is 10.1 Å². The Morgan fingerprint density at radius 1 is 0.658 bits per heavy atom. The van der Waals surface area contributed by atoms with Gasteiger partial charge in [0.05, 0.1) is 28.3 Å². The van der Waals surface area contributed by atoms with Crippen LogP contribution < -0.4 is 0 Å². The second-order valence-corrected chi connectivity index (χ2v) is 9.71. The third kappa shape index (κ3) is 3.78. The zero-order valence-electron chi connectivity index (χ0n) is 21.0. The van der Waals surface area contributed by atoms with E-state index in [0.717, 1.165) is 33.8 Å². The second kappa shape index (κ2) is 9.16. The van der Waals surface area contributed by atoms with Crippen LogP contribution in [-0.4, -0.2) is 19.7 Å². The first-order chi connectivity index (χ1) is 18.8. The summed E-state index contributed by atoms with van der Waals surface area (Å²) >= 11 is 0. The Bertz CT molecular complexity index is 1840. The fourth-order valence-corrected chi connectivity index (χ4v) is 5.54. The molecule has 38 heavy (non-hydrogen) atoms. The average Bonchev–Trinajstić information content (AvgIpc) is 3.55. The average molecular weight is 491 g/mol. The SMILES string of the molecule is Cc1cc(-c2ccc3c4ccccc4n(-c4cccc(C(c5ccccc5)c5ccccn5)c4)c3c2)n[nH]1. The van der Waals surface area contributed by atoms with Gasteiger partial charge < -0.3 is 4.57 Å². The van der Waals surface area contributed by atoms with Crippen LogP contribution in [0.2, 0.25) is 0 Å². The number of benzene rings is 4. The number of H-pyrrole nitrogens is 1. The molecule has 3 aromatic heterocycles. The zero-order chi connectivity index (χ0) is 25.5. The van der Waals surface area contributed by atoms with Crippen molar-refractivity contribution in [1.82, 2.24) is 19.7 Å². The monoisotopic (exact) mass is 490 g/mol. The molecule has 0 saturated heterocycles. The second-order valence-electron chi connectivity index (χ2n) is 9.71. The van der Waals surface area contributed by atoms with Gasteiger partial charge in [-0.25, -0.2) is 0 Å². The van der Waals surface area contributed by atoms with E-state index in [1.54, 1.807) is 0 Å². The van der Waals surface area contributed by atoms with E-state index < -0.39 is 0 Å². The van der Waals surface area contributed by atoms with Crippen molar-refractivity contribution in [3.8, 4) is 16.9 Å². The first-order valence-corrected chi connectivity index (χ1v) is 12.9. The molecule has 0 spiro atoms. The molecule has 1 unspecified atom stereocenters. The van der Waals surface area contributed by atoms with Crippen molar-refractivity contribution in [2.45, 2.75) is 12.8 Å². The summed E-state index contributed by atoms with van der Waals surface area (Å²) in [5, 5.41) is 10.1. The van der Waals surface area contributed by atoms with Gasteiger partial charge in [-0.05, 0) is 60.5 Å². The van der Waals surface area contributed by atoms with E-state index in [-0.39, 0.29) is 5.92 Å². The maximum Gasteiger partial charge on any atom is 0.0924 e. The molecule has 7 aromatic rings. The summed E-state index contributed by atoms with van der Waals surface area (Å²) in [4.78, 5) is 4.75. The molecule has 0 aliphatic rings. The summed E-state index contributed by atoms with van der Waals surface area (Å²) in [6, 6.07) is 43.0. The standard InChI is InChI=1S/C34H26N4/c1-23-20-31(37-36-23)25-17-18-29-28-14-5-6-16-32(28)38(33(29)22-25)27-13-9-12-26(21-27)34(24-10-3-2-4-11-24)30-15-7-8-19-35-30/h2-22,34H,1H3,(H,36,37). The Labute approximate surface area is 221 Å². The van der Waals surface area contributed by atoms with Crippen molar-refractivity contribution in [2.75, 3.05) is 0 Å². The van der Waals surface area contributed by atoms with Gasteiger partial charge in [0, 0.05) is 33.9 Å². The molecule has 0 amide bonds. The number of para-hydroxylation sites is 1. The van der Waals surface area contributed by atoms with Crippen LogP contribution in [0.15, 0.2) is 128 Å². The number of pyridine rings is 1. The fraction of sp³-hybridized carbons (Fsp3) is 0.0588. The molecule has 0 aliphatic carbocycles. The van der Waals surface area contributed by atoms with E-state index in [1.807, 2.05) is 19.2 Å². The summed E-state index contributed by atoms with van der Waals surface area (Å²) < 4.78 is 2.37. The molecule has 0 saturated carbocycles. The molecule has 182 valence electrons. The zero-order valence-corrected chi connectivity index (χ0v) is 21.0. The maximum atomic E-state index is 4.75. The van der Waals surface area contributed by atoms with Gasteiger partial charge in [-0.15, -0.1) is 0 Å². The van der Waals surface area contributed by atoms with Gasteiger partial charge in [0.1, 0.15) is 0 Å². The van der Waals surface area contributed by atoms with Crippen molar-refractivity contribution < 1.29 is 0 Å². The number of aromatic nitrogens is 4. The van der Waals surface area contributed by atoms with Crippen LogP contribution in [0.4, 0.5) is 0 Å².